The second kappa shape index (κ2) is 6.41. The first-order valence-electron chi connectivity index (χ1n) is 6.80. The van der Waals surface area contributed by atoms with E-state index in [1.165, 1.54) is 18.2 Å². The molecule has 0 spiro atoms. The average Bonchev–Trinajstić information content (AvgIpc) is 2.45. The molecule has 1 N–H and O–H groups in total. The summed E-state index contributed by atoms with van der Waals surface area (Å²) in [6, 6.07) is 5.88. The van der Waals surface area contributed by atoms with Gasteiger partial charge in [-0.25, -0.2) is 4.79 Å². The second-order valence-corrected chi connectivity index (χ2v) is 5.19. The Labute approximate surface area is 118 Å². The summed E-state index contributed by atoms with van der Waals surface area (Å²) in [5.41, 5.74) is 0.241. The minimum absolute atomic E-state index is 0.00389. The number of amides is 1. The van der Waals surface area contributed by atoms with Gasteiger partial charge in [0.25, 0.3) is 5.91 Å². The van der Waals surface area contributed by atoms with Crippen LogP contribution in [0.5, 0.6) is 5.75 Å². The van der Waals surface area contributed by atoms with E-state index in [1.54, 1.807) is 11.0 Å². The SMILES string of the molecule is CC1CCN(C(=O)COC(=O)c2cccc(O)c2)CC1. The molecular weight excluding hydrogens is 258 g/mol. The lowest BCUT2D eigenvalue weighted by atomic mass is 9.99. The fourth-order valence-corrected chi connectivity index (χ4v) is 2.19. The van der Waals surface area contributed by atoms with E-state index in [0.29, 0.717) is 5.92 Å². The Kier molecular flexibility index (Phi) is 4.61. The minimum Gasteiger partial charge on any atom is -0.508 e. The Morgan fingerprint density at radius 3 is 2.70 bits per heavy atom. The topological polar surface area (TPSA) is 66.8 Å². The zero-order chi connectivity index (χ0) is 14.5. The summed E-state index contributed by atoms with van der Waals surface area (Å²) < 4.78 is 4.98. The van der Waals surface area contributed by atoms with E-state index in [9.17, 15) is 14.7 Å². The molecule has 1 heterocycles. The highest BCUT2D eigenvalue weighted by Crippen LogP contribution is 2.16. The van der Waals surface area contributed by atoms with Gasteiger partial charge in [-0.15, -0.1) is 0 Å². The smallest absolute Gasteiger partial charge is 0.338 e. The van der Waals surface area contributed by atoms with E-state index in [1.807, 2.05) is 0 Å². The van der Waals surface area contributed by atoms with Gasteiger partial charge in [0.2, 0.25) is 0 Å². The molecule has 1 saturated heterocycles. The van der Waals surface area contributed by atoms with E-state index in [2.05, 4.69) is 6.92 Å². The first-order valence-corrected chi connectivity index (χ1v) is 6.80. The number of carbonyl (C=O) groups excluding carboxylic acids is 2. The Morgan fingerprint density at radius 1 is 1.35 bits per heavy atom. The number of phenolic OH excluding ortho intramolecular Hbond substituents is 1. The first-order chi connectivity index (χ1) is 9.56. The van der Waals surface area contributed by atoms with Gasteiger partial charge in [-0.05, 0) is 37.0 Å². The predicted molar refractivity (Wildman–Crippen MR) is 73.4 cm³/mol. The summed E-state index contributed by atoms with van der Waals surface area (Å²) in [5.74, 6) is -0.116. The van der Waals surface area contributed by atoms with Crippen LogP contribution in [0, 0.1) is 5.92 Å². The molecule has 1 aromatic carbocycles. The van der Waals surface area contributed by atoms with Crippen LogP contribution in [-0.2, 0) is 9.53 Å². The molecule has 1 aliphatic heterocycles. The Morgan fingerprint density at radius 2 is 2.05 bits per heavy atom. The zero-order valence-corrected chi connectivity index (χ0v) is 11.5. The summed E-state index contributed by atoms with van der Waals surface area (Å²) in [6.07, 6.45) is 1.98. The minimum atomic E-state index is -0.598. The molecule has 0 atom stereocenters. The quantitative estimate of drug-likeness (QED) is 0.856. The van der Waals surface area contributed by atoms with Crippen molar-refractivity contribution in [1.29, 1.82) is 0 Å². The number of rotatable bonds is 3. The fraction of sp³-hybridized carbons (Fsp3) is 0.467. The molecule has 1 aliphatic rings. The molecule has 2 rings (SSSR count). The standard InChI is InChI=1S/C15H19NO4/c1-11-5-7-16(8-6-11)14(18)10-20-15(19)12-3-2-4-13(17)9-12/h2-4,9,11,17H,5-8,10H2,1H3. The third kappa shape index (κ3) is 3.73. The number of aromatic hydroxyl groups is 1. The number of carbonyl (C=O) groups is 2. The summed E-state index contributed by atoms with van der Waals surface area (Å²) in [6.45, 7) is 3.37. The summed E-state index contributed by atoms with van der Waals surface area (Å²) >= 11 is 0. The van der Waals surface area contributed by atoms with Crippen molar-refractivity contribution in [2.24, 2.45) is 5.92 Å². The molecule has 1 aromatic rings. The van der Waals surface area contributed by atoms with Crippen LogP contribution < -0.4 is 0 Å². The zero-order valence-electron chi connectivity index (χ0n) is 11.5. The van der Waals surface area contributed by atoms with E-state index >= 15 is 0 Å². The summed E-state index contributed by atoms with van der Waals surface area (Å²) in [4.78, 5) is 25.4. The van der Waals surface area contributed by atoms with Gasteiger partial charge in [-0.2, -0.15) is 0 Å². The van der Waals surface area contributed by atoms with Crippen molar-refractivity contribution in [2.45, 2.75) is 19.8 Å². The van der Waals surface area contributed by atoms with E-state index < -0.39 is 5.97 Å². The van der Waals surface area contributed by atoms with Gasteiger partial charge in [0.05, 0.1) is 5.56 Å². The number of ether oxygens (including phenoxy) is 1. The van der Waals surface area contributed by atoms with Crippen molar-refractivity contribution < 1.29 is 19.4 Å². The lowest BCUT2D eigenvalue weighted by Crippen LogP contribution is -2.40. The van der Waals surface area contributed by atoms with Crippen molar-refractivity contribution in [2.75, 3.05) is 19.7 Å². The number of esters is 1. The fourth-order valence-electron chi connectivity index (χ4n) is 2.19. The van der Waals surface area contributed by atoms with Crippen molar-refractivity contribution in [1.82, 2.24) is 4.90 Å². The Balaban J connectivity index is 1.82. The van der Waals surface area contributed by atoms with Gasteiger partial charge >= 0.3 is 5.97 Å². The van der Waals surface area contributed by atoms with Gasteiger partial charge in [-0.1, -0.05) is 13.0 Å². The molecule has 0 bridgehead atoms. The van der Waals surface area contributed by atoms with Crippen molar-refractivity contribution >= 4 is 11.9 Å². The molecule has 0 saturated carbocycles. The van der Waals surface area contributed by atoms with Crippen LogP contribution in [0.15, 0.2) is 24.3 Å². The van der Waals surface area contributed by atoms with Gasteiger partial charge in [0, 0.05) is 13.1 Å². The third-order valence-electron chi connectivity index (χ3n) is 3.54. The third-order valence-corrected chi connectivity index (χ3v) is 3.54. The number of hydrogen-bond acceptors (Lipinski definition) is 4. The highest BCUT2D eigenvalue weighted by atomic mass is 16.5. The number of phenols is 1. The van der Waals surface area contributed by atoms with E-state index in [-0.39, 0.29) is 23.8 Å². The maximum atomic E-state index is 11.9. The normalized spacial score (nSPS) is 15.9. The van der Waals surface area contributed by atoms with Crippen LogP contribution in [0.3, 0.4) is 0 Å². The largest absolute Gasteiger partial charge is 0.508 e. The molecule has 5 nitrogen and oxygen atoms in total. The van der Waals surface area contributed by atoms with Gasteiger partial charge in [-0.3, -0.25) is 4.79 Å². The number of benzene rings is 1. The number of piperidine rings is 1. The molecule has 1 amide bonds. The maximum Gasteiger partial charge on any atom is 0.338 e. The second-order valence-electron chi connectivity index (χ2n) is 5.19. The molecule has 0 aliphatic carbocycles. The van der Waals surface area contributed by atoms with Crippen LogP contribution in [0.2, 0.25) is 0 Å². The highest BCUT2D eigenvalue weighted by molar-refractivity contribution is 5.91. The molecule has 0 unspecified atom stereocenters. The predicted octanol–water partition coefficient (Wildman–Crippen LogP) is 1.81. The van der Waals surface area contributed by atoms with E-state index in [0.717, 1.165) is 25.9 Å². The van der Waals surface area contributed by atoms with Crippen LogP contribution >= 0.6 is 0 Å². The highest BCUT2D eigenvalue weighted by Gasteiger charge is 2.21. The average molecular weight is 277 g/mol. The van der Waals surface area contributed by atoms with Crippen molar-refractivity contribution in [3.63, 3.8) is 0 Å². The monoisotopic (exact) mass is 277 g/mol. The van der Waals surface area contributed by atoms with Crippen LogP contribution in [0.4, 0.5) is 0 Å². The molecule has 0 aromatic heterocycles. The van der Waals surface area contributed by atoms with E-state index in [4.69, 9.17) is 4.74 Å². The molecule has 108 valence electrons. The number of hydrogen-bond donors (Lipinski definition) is 1. The van der Waals surface area contributed by atoms with Crippen LogP contribution in [0.1, 0.15) is 30.1 Å². The number of nitrogens with zero attached hydrogens (tertiary/aromatic N) is 1. The maximum absolute atomic E-state index is 11.9. The van der Waals surface area contributed by atoms with Gasteiger partial charge in [0.1, 0.15) is 5.75 Å². The lowest BCUT2D eigenvalue weighted by Gasteiger charge is -2.30. The number of likely N-dealkylation sites (tertiary alicyclic amines) is 1. The Bertz CT molecular complexity index is 492. The van der Waals surface area contributed by atoms with Crippen LogP contribution in [0.25, 0.3) is 0 Å². The first kappa shape index (κ1) is 14.4. The van der Waals surface area contributed by atoms with Crippen molar-refractivity contribution in [3.8, 4) is 5.75 Å². The molecule has 0 radical (unpaired) electrons. The van der Waals surface area contributed by atoms with Gasteiger partial charge < -0.3 is 14.7 Å². The Hall–Kier alpha value is -2.04. The molecular formula is C15H19NO4. The molecule has 1 fully saturated rings. The van der Waals surface area contributed by atoms with Gasteiger partial charge in [0.15, 0.2) is 6.61 Å². The molecule has 20 heavy (non-hydrogen) atoms. The van der Waals surface area contributed by atoms with Crippen LogP contribution in [-0.4, -0.2) is 41.6 Å². The lowest BCUT2D eigenvalue weighted by molar-refractivity contribution is -0.135. The molecule has 5 heteroatoms. The summed E-state index contributed by atoms with van der Waals surface area (Å²) in [5, 5.41) is 9.29. The summed E-state index contributed by atoms with van der Waals surface area (Å²) in [7, 11) is 0. The van der Waals surface area contributed by atoms with Crippen molar-refractivity contribution in [3.05, 3.63) is 29.8 Å².